The first-order valence-electron chi connectivity index (χ1n) is 8.92. The lowest BCUT2D eigenvalue weighted by Gasteiger charge is -2.34. The molecule has 0 amide bonds. The van der Waals surface area contributed by atoms with Crippen LogP contribution >= 0.6 is 23.6 Å². The lowest BCUT2D eigenvalue weighted by atomic mass is 9.86. The normalized spacial score (nSPS) is 20.1. The molecule has 1 aromatic heterocycles. The summed E-state index contributed by atoms with van der Waals surface area (Å²) in [6, 6.07) is 12.9. The van der Waals surface area contributed by atoms with Crippen LogP contribution < -0.4 is 15.0 Å². The van der Waals surface area contributed by atoms with Gasteiger partial charge in [-0.25, -0.2) is 0 Å². The van der Waals surface area contributed by atoms with Crippen molar-refractivity contribution < 1.29 is 4.74 Å². The zero-order valence-corrected chi connectivity index (χ0v) is 16.5. The van der Waals surface area contributed by atoms with Crippen molar-refractivity contribution in [3.8, 4) is 5.75 Å². The highest BCUT2D eigenvalue weighted by Crippen LogP contribution is 2.26. The molecule has 1 N–H and O–H groups in total. The summed E-state index contributed by atoms with van der Waals surface area (Å²) in [4.78, 5) is 3.50. The maximum absolute atomic E-state index is 5.81. The molecule has 1 aliphatic carbocycles. The highest BCUT2D eigenvalue weighted by molar-refractivity contribution is 7.80. The van der Waals surface area contributed by atoms with Gasteiger partial charge in [0, 0.05) is 16.6 Å². The summed E-state index contributed by atoms with van der Waals surface area (Å²) in [6.07, 6.45) is 5.12. The second kappa shape index (κ2) is 8.68. The molecule has 0 radical (unpaired) electrons. The van der Waals surface area contributed by atoms with Gasteiger partial charge in [0.15, 0.2) is 5.11 Å². The van der Waals surface area contributed by atoms with E-state index in [1.807, 2.05) is 12.1 Å². The first-order chi connectivity index (χ1) is 12.2. The fourth-order valence-electron chi connectivity index (χ4n) is 3.37. The Morgan fingerprint density at radius 1 is 1.24 bits per heavy atom. The van der Waals surface area contributed by atoms with Gasteiger partial charge in [0.1, 0.15) is 5.75 Å². The lowest BCUT2D eigenvalue weighted by molar-refractivity contribution is 0.309. The number of benzene rings is 1. The zero-order chi connectivity index (χ0) is 17.6. The molecule has 1 aromatic carbocycles. The molecule has 0 unspecified atom stereocenters. The summed E-state index contributed by atoms with van der Waals surface area (Å²) >= 11 is 7.58. The van der Waals surface area contributed by atoms with Gasteiger partial charge in [-0.15, -0.1) is 11.3 Å². The van der Waals surface area contributed by atoms with E-state index >= 15 is 0 Å². The van der Waals surface area contributed by atoms with Crippen LogP contribution in [0.2, 0.25) is 0 Å². The minimum atomic E-state index is 0.477. The molecular formula is C20H26N2OS2. The van der Waals surface area contributed by atoms with Gasteiger partial charge in [-0.1, -0.05) is 25.8 Å². The lowest BCUT2D eigenvalue weighted by Crippen LogP contribution is -2.47. The second-order valence-corrected chi connectivity index (χ2v) is 8.10. The van der Waals surface area contributed by atoms with Crippen LogP contribution in [0.25, 0.3) is 0 Å². The molecule has 2 aromatic rings. The number of thiocarbonyl (C=S) groups is 1. The third-order valence-corrected chi connectivity index (χ3v) is 6.14. The standard InChI is InChI=1S/C20H26N2OS2/c1-15-6-3-4-8-19(15)21-20(24)22(14-18-7-5-13-25-18)16-9-11-17(23-2)12-10-16/h5,7,9-13,15,19H,3-4,6,8,14H2,1-2H3,(H,21,24)/t15-,19-/m1/s1. The third kappa shape index (κ3) is 4.73. The molecule has 1 aliphatic rings. The van der Waals surface area contributed by atoms with Crippen molar-refractivity contribution in [2.45, 2.75) is 45.2 Å². The highest BCUT2D eigenvalue weighted by atomic mass is 32.1. The predicted octanol–water partition coefficient (Wildman–Crippen LogP) is 5.22. The van der Waals surface area contributed by atoms with Crippen molar-refractivity contribution in [3.63, 3.8) is 0 Å². The van der Waals surface area contributed by atoms with E-state index in [1.165, 1.54) is 30.6 Å². The topological polar surface area (TPSA) is 24.5 Å². The van der Waals surface area contributed by atoms with Crippen LogP contribution in [0.5, 0.6) is 5.75 Å². The Morgan fingerprint density at radius 3 is 2.64 bits per heavy atom. The first kappa shape index (κ1) is 18.2. The number of hydrogen-bond acceptors (Lipinski definition) is 3. The number of rotatable bonds is 5. The van der Waals surface area contributed by atoms with E-state index in [-0.39, 0.29) is 0 Å². The SMILES string of the molecule is COc1ccc(N(Cc2cccs2)C(=S)N[C@@H]2CCCC[C@H]2C)cc1. The van der Waals surface area contributed by atoms with E-state index in [1.54, 1.807) is 18.4 Å². The van der Waals surface area contributed by atoms with Crippen LogP contribution in [-0.4, -0.2) is 18.3 Å². The number of anilines is 1. The van der Waals surface area contributed by atoms with Crippen LogP contribution in [0, 0.1) is 5.92 Å². The molecule has 25 heavy (non-hydrogen) atoms. The van der Waals surface area contributed by atoms with E-state index < -0.39 is 0 Å². The van der Waals surface area contributed by atoms with E-state index in [9.17, 15) is 0 Å². The van der Waals surface area contributed by atoms with Gasteiger partial charge in [0.25, 0.3) is 0 Å². The maximum Gasteiger partial charge on any atom is 0.174 e. The monoisotopic (exact) mass is 374 g/mol. The average Bonchev–Trinajstić information content (AvgIpc) is 3.15. The summed E-state index contributed by atoms with van der Waals surface area (Å²) in [5.41, 5.74) is 1.09. The number of thiophene rings is 1. The van der Waals surface area contributed by atoms with Gasteiger partial charge in [0.05, 0.1) is 13.7 Å². The minimum absolute atomic E-state index is 0.477. The summed E-state index contributed by atoms with van der Waals surface area (Å²) in [7, 11) is 1.69. The quantitative estimate of drug-likeness (QED) is 0.726. The van der Waals surface area contributed by atoms with Crippen molar-refractivity contribution in [2.24, 2.45) is 5.92 Å². The zero-order valence-electron chi connectivity index (χ0n) is 14.9. The Morgan fingerprint density at radius 2 is 2.00 bits per heavy atom. The van der Waals surface area contributed by atoms with Crippen LogP contribution in [0.1, 0.15) is 37.5 Å². The van der Waals surface area contributed by atoms with E-state index in [2.05, 4.69) is 46.8 Å². The number of hydrogen-bond donors (Lipinski definition) is 1. The fourth-order valence-corrected chi connectivity index (χ4v) is 4.38. The summed E-state index contributed by atoms with van der Waals surface area (Å²) in [6.45, 7) is 3.12. The Balaban J connectivity index is 1.77. The van der Waals surface area contributed by atoms with Gasteiger partial charge in [0.2, 0.25) is 0 Å². The van der Waals surface area contributed by atoms with Crippen LogP contribution in [0.3, 0.4) is 0 Å². The average molecular weight is 375 g/mol. The molecule has 5 heteroatoms. The van der Waals surface area contributed by atoms with Gasteiger partial charge in [-0.2, -0.15) is 0 Å². The maximum atomic E-state index is 5.81. The highest BCUT2D eigenvalue weighted by Gasteiger charge is 2.24. The van der Waals surface area contributed by atoms with E-state index in [0.717, 1.165) is 23.1 Å². The summed E-state index contributed by atoms with van der Waals surface area (Å²) in [5, 5.41) is 6.57. The Bertz CT molecular complexity index is 670. The number of nitrogens with zero attached hydrogens (tertiary/aromatic N) is 1. The van der Waals surface area contributed by atoms with Gasteiger partial charge < -0.3 is 15.0 Å². The molecule has 0 aliphatic heterocycles. The van der Waals surface area contributed by atoms with E-state index in [4.69, 9.17) is 17.0 Å². The Labute approximate surface area is 160 Å². The molecule has 3 nitrogen and oxygen atoms in total. The smallest absolute Gasteiger partial charge is 0.174 e. The Kier molecular flexibility index (Phi) is 6.32. The molecule has 1 fully saturated rings. The molecule has 0 bridgehead atoms. The van der Waals surface area contributed by atoms with Crippen LogP contribution in [-0.2, 0) is 6.54 Å². The molecule has 2 atom stereocenters. The number of methoxy groups -OCH3 is 1. The van der Waals surface area contributed by atoms with Crippen LogP contribution in [0.4, 0.5) is 5.69 Å². The molecule has 0 saturated heterocycles. The Hall–Kier alpha value is -1.59. The van der Waals surface area contributed by atoms with Crippen molar-refractivity contribution in [2.75, 3.05) is 12.0 Å². The third-order valence-electron chi connectivity index (χ3n) is 4.94. The molecule has 134 valence electrons. The van der Waals surface area contributed by atoms with Gasteiger partial charge in [-0.3, -0.25) is 0 Å². The van der Waals surface area contributed by atoms with Gasteiger partial charge in [-0.05, 0) is 66.7 Å². The van der Waals surface area contributed by atoms with Crippen molar-refractivity contribution in [3.05, 3.63) is 46.7 Å². The summed E-state index contributed by atoms with van der Waals surface area (Å²) in [5.74, 6) is 1.53. The van der Waals surface area contributed by atoms with Gasteiger partial charge >= 0.3 is 0 Å². The molecular weight excluding hydrogens is 348 g/mol. The number of ether oxygens (including phenoxy) is 1. The molecule has 1 saturated carbocycles. The second-order valence-electron chi connectivity index (χ2n) is 6.68. The molecule has 3 rings (SSSR count). The molecule has 1 heterocycles. The fraction of sp³-hybridized carbons (Fsp3) is 0.450. The first-order valence-corrected chi connectivity index (χ1v) is 10.2. The van der Waals surface area contributed by atoms with Crippen molar-refractivity contribution in [1.82, 2.24) is 5.32 Å². The number of nitrogens with one attached hydrogen (secondary N) is 1. The van der Waals surface area contributed by atoms with Crippen LogP contribution in [0.15, 0.2) is 41.8 Å². The van der Waals surface area contributed by atoms with E-state index in [0.29, 0.717) is 12.0 Å². The predicted molar refractivity (Wildman–Crippen MR) is 111 cm³/mol. The minimum Gasteiger partial charge on any atom is -0.497 e. The van der Waals surface area contributed by atoms with Crippen molar-refractivity contribution in [1.29, 1.82) is 0 Å². The largest absolute Gasteiger partial charge is 0.497 e. The summed E-state index contributed by atoms with van der Waals surface area (Å²) < 4.78 is 5.29. The van der Waals surface area contributed by atoms with Crippen molar-refractivity contribution >= 4 is 34.4 Å². The molecule has 0 spiro atoms.